The van der Waals surface area contributed by atoms with E-state index in [1.165, 1.54) is 6.07 Å². The minimum Gasteiger partial charge on any atom is -0.351 e. The number of non-ortho nitro benzene ring substituents is 1. The van der Waals surface area contributed by atoms with Gasteiger partial charge in [-0.3, -0.25) is 10.1 Å². The quantitative estimate of drug-likeness (QED) is 0.308. The normalized spacial score (nSPS) is 10.0. The summed E-state index contributed by atoms with van der Waals surface area (Å²) in [7, 11) is 0. The number of nitro benzene ring substituents is 1. The second kappa shape index (κ2) is 7.65. The largest absolute Gasteiger partial charge is 0.351 e. The Morgan fingerprint density at radius 3 is 2.04 bits per heavy atom. The Labute approximate surface area is 169 Å². The van der Waals surface area contributed by atoms with E-state index in [4.69, 9.17) is 51.7 Å². The number of hydrogen-bond donors (Lipinski definition) is 1. The molecule has 0 unspecified atom stereocenters. The van der Waals surface area contributed by atoms with Crippen LogP contribution in [0.3, 0.4) is 0 Å². The van der Waals surface area contributed by atoms with Crippen molar-refractivity contribution in [2.24, 2.45) is 0 Å². The van der Waals surface area contributed by atoms with Crippen molar-refractivity contribution in [2.75, 3.05) is 5.32 Å². The number of nitriles is 2. The van der Waals surface area contributed by atoms with Gasteiger partial charge >= 0.3 is 0 Å². The zero-order chi connectivity index (χ0) is 18.9. The Bertz CT molecular complexity index is 975. The first-order valence-corrected chi connectivity index (χ1v) is 8.44. The molecule has 0 saturated carbocycles. The number of benzene rings is 2. The van der Waals surface area contributed by atoms with Crippen LogP contribution in [-0.2, 0) is 0 Å². The fourth-order valence-electron chi connectivity index (χ4n) is 1.89. The maximum absolute atomic E-state index is 10.9. The van der Waals surface area contributed by atoms with Crippen molar-refractivity contribution >= 4 is 79.4 Å². The van der Waals surface area contributed by atoms with Gasteiger partial charge in [0, 0.05) is 16.6 Å². The third-order valence-corrected chi connectivity index (χ3v) is 5.19. The van der Waals surface area contributed by atoms with Crippen LogP contribution in [0, 0.1) is 32.8 Å². The summed E-state index contributed by atoms with van der Waals surface area (Å²) in [6.45, 7) is 0. The van der Waals surface area contributed by atoms with Gasteiger partial charge in [-0.25, -0.2) is 0 Å². The van der Waals surface area contributed by atoms with E-state index in [0.29, 0.717) is 0 Å². The number of halogens is 5. The predicted octanol–water partition coefficient (Wildman–Crippen LogP) is 6.46. The summed E-state index contributed by atoms with van der Waals surface area (Å²) in [4.78, 5) is 10.3. The topological polar surface area (TPSA) is 103 Å². The van der Waals surface area contributed by atoms with Gasteiger partial charge in [0.25, 0.3) is 5.69 Å². The summed E-state index contributed by atoms with van der Waals surface area (Å²) in [5.41, 5.74) is -0.273. The average Bonchev–Trinajstić information content (AvgIpc) is 2.56. The minimum absolute atomic E-state index is 0.00666. The lowest BCUT2D eigenvalue weighted by molar-refractivity contribution is -0.384. The maximum atomic E-state index is 10.9. The van der Waals surface area contributed by atoms with Crippen LogP contribution in [0.2, 0.25) is 20.1 Å². The highest BCUT2D eigenvalue weighted by molar-refractivity contribution is 9.10. The molecule has 0 radical (unpaired) electrons. The highest BCUT2D eigenvalue weighted by Gasteiger charge is 2.23. The molecule has 0 aliphatic rings. The highest BCUT2D eigenvalue weighted by Crippen LogP contribution is 2.45. The van der Waals surface area contributed by atoms with Crippen molar-refractivity contribution in [1.29, 1.82) is 10.5 Å². The number of rotatable bonds is 3. The van der Waals surface area contributed by atoms with E-state index < -0.39 is 4.92 Å². The number of nitro groups is 1. The maximum Gasteiger partial charge on any atom is 0.272 e. The molecule has 2 rings (SSSR count). The molecule has 2 aromatic carbocycles. The standard InChI is InChI=1S/C14H3BrCl4N4O2/c15-8-1-5(23(24)25)2-9(16)13(8)22-14-11(18)7(4-21)6(3-20)10(17)12(14)19/h1-2,22H. The van der Waals surface area contributed by atoms with E-state index in [-0.39, 0.29) is 52.8 Å². The van der Waals surface area contributed by atoms with Crippen LogP contribution in [0.25, 0.3) is 0 Å². The lowest BCUT2D eigenvalue weighted by Gasteiger charge is -2.16. The molecule has 0 saturated heterocycles. The van der Waals surface area contributed by atoms with E-state index in [1.54, 1.807) is 12.1 Å². The predicted molar refractivity (Wildman–Crippen MR) is 100.0 cm³/mol. The van der Waals surface area contributed by atoms with Gasteiger partial charge in [-0.15, -0.1) is 0 Å². The molecule has 126 valence electrons. The molecular formula is C14H3BrCl4N4O2. The van der Waals surface area contributed by atoms with Crippen LogP contribution >= 0.6 is 62.3 Å². The Balaban J connectivity index is 2.68. The smallest absolute Gasteiger partial charge is 0.272 e. The van der Waals surface area contributed by atoms with Crippen molar-refractivity contribution in [3.63, 3.8) is 0 Å². The van der Waals surface area contributed by atoms with Gasteiger partial charge in [-0.05, 0) is 15.9 Å². The fraction of sp³-hybridized carbons (Fsp3) is 0. The summed E-state index contributed by atoms with van der Waals surface area (Å²) in [6, 6.07) is 5.92. The van der Waals surface area contributed by atoms with Crippen molar-refractivity contribution in [1.82, 2.24) is 0 Å². The van der Waals surface area contributed by atoms with Crippen LogP contribution in [-0.4, -0.2) is 4.92 Å². The van der Waals surface area contributed by atoms with E-state index in [9.17, 15) is 15.4 Å². The molecule has 25 heavy (non-hydrogen) atoms. The summed E-state index contributed by atoms with van der Waals surface area (Å²) >= 11 is 27.6. The van der Waals surface area contributed by atoms with Gasteiger partial charge in [0.2, 0.25) is 0 Å². The van der Waals surface area contributed by atoms with Crippen molar-refractivity contribution in [3.8, 4) is 12.1 Å². The molecule has 0 aliphatic heterocycles. The number of hydrogen-bond acceptors (Lipinski definition) is 5. The second-order valence-corrected chi connectivity index (χ2v) is 6.85. The zero-order valence-corrected chi connectivity index (χ0v) is 16.3. The zero-order valence-electron chi connectivity index (χ0n) is 11.7. The first-order chi connectivity index (χ1) is 11.7. The summed E-state index contributed by atoms with van der Waals surface area (Å²) < 4.78 is 0.262. The van der Waals surface area contributed by atoms with Crippen LogP contribution in [0.4, 0.5) is 17.1 Å². The number of anilines is 2. The van der Waals surface area contributed by atoms with Crippen LogP contribution in [0.5, 0.6) is 0 Å². The molecule has 2 aromatic rings. The Hall–Kier alpha value is -1.74. The lowest BCUT2D eigenvalue weighted by Crippen LogP contribution is -2.00. The second-order valence-electron chi connectivity index (χ2n) is 4.46. The molecule has 0 heterocycles. The Morgan fingerprint density at radius 2 is 1.56 bits per heavy atom. The number of nitrogens with one attached hydrogen (secondary N) is 1. The number of nitrogens with zero attached hydrogens (tertiary/aromatic N) is 3. The van der Waals surface area contributed by atoms with Gasteiger partial charge in [0.15, 0.2) is 0 Å². The molecule has 0 atom stereocenters. The summed E-state index contributed by atoms with van der Waals surface area (Å²) in [5, 5.41) is 31.6. The van der Waals surface area contributed by atoms with Gasteiger partial charge in [-0.2, -0.15) is 10.5 Å². The first-order valence-electron chi connectivity index (χ1n) is 6.14. The van der Waals surface area contributed by atoms with E-state index in [2.05, 4.69) is 21.2 Å². The average molecular weight is 481 g/mol. The molecule has 0 bridgehead atoms. The third-order valence-electron chi connectivity index (χ3n) is 3.03. The van der Waals surface area contributed by atoms with Crippen LogP contribution in [0.1, 0.15) is 11.1 Å². The van der Waals surface area contributed by atoms with Crippen LogP contribution < -0.4 is 5.32 Å². The molecule has 0 fully saturated rings. The van der Waals surface area contributed by atoms with E-state index in [1.807, 2.05) is 0 Å². The van der Waals surface area contributed by atoms with Crippen molar-refractivity contribution in [2.45, 2.75) is 0 Å². The summed E-state index contributed by atoms with van der Waals surface area (Å²) in [5.74, 6) is 0. The third kappa shape index (κ3) is 3.62. The Morgan fingerprint density at radius 1 is 1.00 bits per heavy atom. The van der Waals surface area contributed by atoms with E-state index in [0.717, 1.165) is 6.07 Å². The van der Waals surface area contributed by atoms with Gasteiger partial charge in [-0.1, -0.05) is 46.4 Å². The van der Waals surface area contributed by atoms with Gasteiger partial charge < -0.3 is 5.32 Å². The molecule has 0 amide bonds. The molecule has 0 spiro atoms. The SMILES string of the molecule is N#Cc1c(Cl)c(Cl)c(Nc2c(Cl)cc([N+](=O)[O-])cc2Br)c(Cl)c1C#N. The van der Waals surface area contributed by atoms with E-state index >= 15 is 0 Å². The first kappa shape index (κ1) is 19.6. The molecule has 0 aliphatic carbocycles. The molecule has 11 heteroatoms. The van der Waals surface area contributed by atoms with Crippen molar-refractivity contribution in [3.05, 3.63) is 57.9 Å². The molecular weight excluding hydrogens is 478 g/mol. The van der Waals surface area contributed by atoms with Crippen molar-refractivity contribution < 1.29 is 4.92 Å². The lowest BCUT2D eigenvalue weighted by atomic mass is 10.1. The monoisotopic (exact) mass is 478 g/mol. The molecule has 0 aromatic heterocycles. The highest BCUT2D eigenvalue weighted by atomic mass is 79.9. The van der Waals surface area contributed by atoms with Gasteiger partial charge in [0.1, 0.15) is 12.1 Å². The van der Waals surface area contributed by atoms with Gasteiger partial charge in [0.05, 0.1) is 47.5 Å². The fourth-order valence-corrected chi connectivity index (χ4v) is 3.61. The molecule has 1 N–H and O–H groups in total. The summed E-state index contributed by atoms with van der Waals surface area (Å²) in [6.07, 6.45) is 0. The molecule has 6 nitrogen and oxygen atoms in total. The van der Waals surface area contributed by atoms with Crippen LogP contribution in [0.15, 0.2) is 16.6 Å². The minimum atomic E-state index is -0.604. The Kier molecular flexibility index (Phi) is 5.99.